The highest BCUT2D eigenvalue weighted by Gasteiger charge is 2.20. The minimum absolute atomic E-state index is 0.688. The van der Waals surface area contributed by atoms with Crippen LogP contribution in [-0.4, -0.2) is 15.0 Å². The van der Waals surface area contributed by atoms with Gasteiger partial charge in [-0.3, -0.25) is 0 Å². The Morgan fingerprint density at radius 3 is 1.66 bits per heavy atom. The molecule has 0 radical (unpaired) electrons. The lowest BCUT2D eigenvalue weighted by molar-refractivity contribution is 0.669. The van der Waals surface area contributed by atoms with Gasteiger partial charge in [0.25, 0.3) is 0 Å². The molecule has 5 heteroatoms. The number of hydrogen-bond donors (Lipinski definition) is 0. The fourth-order valence-electron chi connectivity index (χ4n) is 8.51. The molecule has 0 aliphatic carbocycles. The molecular weight excluding hydrogens is 711 g/mol. The first-order valence-corrected chi connectivity index (χ1v) is 19.4. The summed E-state index contributed by atoms with van der Waals surface area (Å²) in [5.74, 6) is 0.688. The van der Waals surface area contributed by atoms with Crippen LogP contribution in [0.5, 0.6) is 0 Å². The van der Waals surface area contributed by atoms with Crippen molar-refractivity contribution in [3.63, 3.8) is 0 Å². The second-order valence-electron chi connectivity index (χ2n) is 14.7. The third-order valence-electron chi connectivity index (χ3n) is 11.3. The first kappa shape index (κ1) is 32.4. The van der Waals surface area contributed by atoms with Crippen LogP contribution in [0.1, 0.15) is 0 Å². The molecule has 12 rings (SSSR count). The summed E-state index contributed by atoms with van der Waals surface area (Å²) in [5, 5.41) is 7.41. The second kappa shape index (κ2) is 12.8. The summed E-state index contributed by atoms with van der Waals surface area (Å²) in [6.45, 7) is 0. The van der Waals surface area contributed by atoms with Gasteiger partial charge < -0.3 is 8.83 Å². The van der Waals surface area contributed by atoms with Gasteiger partial charge in [-0.1, -0.05) is 140 Å². The van der Waals surface area contributed by atoms with Gasteiger partial charge in [0.05, 0.1) is 22.6 Å². The Morgan fingerprint density at radius 1 is 0.328 bits per heavy atom. The Morgan fingerprint density at radius 2 is 0.897 bits per heavy atom. The molecule has 5 nitrogen and oxygen atoms in total. The van der Waals surface area contributed by atoms with E-state index in [1.165, 1.54) is 0 Å². The molecule has 12 aromatic rings. The molecule has 0 unspecified atom stereocenters. The molecular formula is C53H31N3O2. The lowest BCUT2D eigenvalue weighted by atomic mass is 9.97. The van der Waals surface area contributed by atoms with Crippen molar-refractivity contribution in [2.75, 3.05) is 0 Å². The van der Waals surface area contributed by atoms with Crippen LogP contribution in [-0.2, 0) is 0 Å². The van der Waals surface area contributed by atoms with Crippen LogP contribution in [0, 0.1) is 0 Å². The molecule has 0 aliphatic rings. The Hall–Kier alpha value is -7.89. The second-order valence-corrected chi connectivity index (χ2v) is 14.7. The molecule has 0 spiro atoms. The maximum Gasteiger partial charge on any atom is 0.160 e. The SMILES string of the molecule is c1ccc(-c2cc(-c3ccc4oc5c(-c6ccc7oc8c(ccc9c(-c%10ccccc%10)nc%10ccccc%10c98)c7c6)cccc5c4c3)nc(-c3ccccc3)n2)cc1. The molecule has 0 saturated carbocycles. The highest BCUT2D eigenvalue weighted by molar-refractivity contribution is 6.25. The number of hydrogen-bond acceptors (Lipinski definition) is 5. The van der Waals surface area contributed by atoms with Crippen molar-refractivity contribution in [2.45, 2.75) is 0 Å². The summed E-state index contributed by atoms with van der Waals surface area (Å²) < 4.78 is 13.5. The predicted octanol–water partition coefficient (Wildman–Crippen LogP) is 14.3. The number of pyridine rings is 1. The van der Waals surface area contributed by atoms with Crippen LogP contribution in [0.15, 0.2) is 197 Å². The first-order valence-electron chi connectivity index (χ1n) is 19.4. The molecule has 58 heavy (non-hydrogen) atoms. The molecule has 0 amide bonds. The standard InChI is InChI=1S/C53H31N3O2/c1-4-13-32(14-5-1)45-31-46(56-53(55-45)34-17-8-3-9-18-34)36-24-28-47-43(30-36)38-21-12-20-37(51(38)57-47)35-23-27-48-42(29-35)39-25-26-41-49(52(39)58-48)40-19-10-11-22-44(40)54-50(41)33-15-6-2-7-16-33/h1-31H. The van der Waals surface area contributed by atoms with E-state index in [0.29, 0.717) is 5.82 Å². The highest BCUT2D eigenvalue weighted by atomic mass is 16.3. The van der Waals surface area contributed by atoms with E-state index in [-0.39, 0.29) is 0 Å². The van der Waals surface area contributed by atoms with Gasteiger partial charge in [-0.25, -0.2) is 15.0 Å². The van der Waals surface area contributed by atoms with Gasteiger partial charge in [0.1, 0.15) is 22.3 Å². The number of fused-ring (bicyclic) bond motifs is 10. The highest BCUT2D eigenvalue weighted by Crippen LogP contribution is 2.43. The number of nitrogens with zero attached hydrogens (tertiary/aromatic N) is 3. The van der Waals surface area contributed by atoms with Crippen LogP contribution in [0.4, 0.5) is 0 Å². The lowest BCUT2D eigenvalue weighted by Gasteiger charge is -2.10. The largest absolute Gasteiger partial charge is 0.455 e. The monoisotopic (exact) mass is 741 g/mol. The van der Waals surface area contributed by atoms with E-state index in [9.17, 15) is 0 Å². The van der Waals surface area contributed by atoms with E-state index >= 15 is 0 Å². The molecule has 0 saturated heterocycles. The fraction of sp³-hybridized carbons (Fsp3) is 0. The molecule has 8 aromatic carbocycles. The third kappa shape index (κ3) is 5.14. The van der Waals surface area contributed by atoms with Crippen LogP contribution in [0.25, 0.3) is 122 Å². The third-order valence-corrected chi connectivity index (χ3v) is 11.3. The van der Waals surface area contributed by atoms with Gasteiger partial charge in [0.15, 0.2) is 5.82 Å². The maximum absolute atomic E-state index is 6.76. The van der Waals surface area contributed by atoms with Crippen molar-refractivity contribution >= 4 is 65.6 Å². The van der Waals surface area contributed by atoms with E-state index in [1.807, 2.05) is 48.5 Å². The minimum Gasteiger partial charge on any atom is -0.455 e. The van der Waals surface area contributed by atoms with Crippen LogP contribution in [0.3, 0.4) is 0 Å². The zero-order valence-electron chi connectivity index (χ0n) is 31.1. The van der Waals surface area contributed by atoms with Gasteiger partial charge in [-0.15, -0.1) is 0 Å². The van der Waals surface area contributed by atoms with Crippen molar-refractivity contribution in [1.29, 1.82) is 0 Å². The Bertz CT molecular complexity index is 3500. The quantitative estimate of drug-likeness (QED) is 0.164. The molecule has 0 atom stereocenters. The number of furan rings is 2. The van der Waals surface area contributed by atoms with Crippen LogP contribution in [0.2, 0.25) is 0 Å². The number of benzene rings is 8. The van der Waals surface area contributed by atoms with E-state index < -0.39 is 0 Å². The zero-order chi connectivity index (χ0) is 38.2. The molecule has 0 N–H and O–H groups in total. The van der Waals surface area contributed by atoms with Crippen LogP contribution < -0.4 is 0 Å². The van der Waals surface area contributed by atoms with Crippen molar-refractivity contribution < 1.29 is 8.83 Å². The molecule has 0 aliphatic heterocycles. The van der Waals surface area contributed by atoms with Crippen molar-refractivity contribution in [1.82, 2.24) is 15.0 Å². The van der Waals surface area contributed by atoms with E-state index in [1.54, 1.807) is 0 Å². The maximum atomic E-state index is 6.76. The summed E-state index contributed by atoms with van der Waals surface area (Å²) in [7, 11) is 0. The average Bonchev–Trinajstić information content (AvgIpc) is 3.87. The smallest absolute Gasteiger partial charge is 0.160 e. The molecule has 270 valence electrons. The molecule has 4 heterocycles. The van der Waals surface area contributed by atoms with E-state index in [2.05, 4.69) is 140 Å². The lowest BCUT2D eigenvalue weighted by Crippen LogP contribution is -1.95. The zero-order valence-corrected chi connectivity index (χ0v) is 31.1. The van der Waals surface area contributed by atoms with E-state index in [4.69, 9.17) is 23.8 Å². The van der Waals surface area contributed by atoms with Gasteiger partial charge in [0, 0.05) is 65.5 Å². The normalized spacial score (nSPS) is 11.8. The molecule has 4 aromatic heterocycles. The summed E-state index contributed by atoms with van der Waals surface area (Å²) in [6, 6.07) is 64.8. The summed E-state index contributed by atoms with van der Waals surface area (Å²) >= 11 is 0. The molecule has 0 fully saturated rings. The van der Waals surface area contributed by atoms with Gasteiger partial charge in [0.2, 0.25) is 0 Å². The topological polar surface area (TPSA) is 65.0 Å². The van der Waals surface area contributed by atoms with Crippen molar-refractivity contribution in [2.24, 2.45) is 0 Å². The van der Waals surface area contributed by atoms with Crippen molar-refractivity contribution in [3.8, 4) is 56.3 Å². The minimum atomic E-state index is 0.688. The summed E-state index contributed by atoms with van der Waals surface area (Å²) in [5.41, 5.74) is 13.1. The predicted molar refractivity (Wildman–Crippen MR) is 237 cm³/mol. The molecule has 0 bridgehead atoms. The van der Waals surface area contributed by atoms with E-state index in [0.717, 1.165) is 116 Å². The van der Waals surface area contributed by atoms with Gasteiger partial charge in [-0.05, 0) is 54.1 Å². The summed E-state index contributed by atoms with van der Waals surface area (Å²) in [4.78, 5) is 15.2. The summed E-state index contributed by atoms with van der Waals surface area (Å²) in [6.07, 6.45) is 0. The number of para-hydroxylation sites is 2. The van der Waals surface area contributed by atoms with Gasteiger partial charge >= 0.3 is 0 Å². The fourth-order valence-corrected chi connectivity index (χ4v) is 8.51. The number of rotatable bonds is 5. The Labute approximate surface area is 332 Å². The number of aromatic nitrogens is 3. The average molecular weight is 742 g/mol. The Kier molecular flexibility index (Phi) is 7.16. The first-order chi connectivity index (χ1) is 28.7. The van der Waals surface area contributed by atoms with Gasteiger partial charge in [-0.2, -0.15) is 0 Å². The van der Waals surface area contributed by atoms with Crippen molar-refractivity contribution in [3.05, 3.63) is 188 Å². The Balaban J connectivity index is 1.01. The van der Waals surface area contributed by atoms with Crippen LogP contribution >= 0.6 is 0 Å².